The van der Waals surface area contributed by atoms with Crippen LogP contribution < -0.4 is 11.3 Å². The van der Waals surface area contributed by atoms with Gasteiger partial charge in [0.05, 0.1) is 4.21 Å². The smallest absolute Gasteiger partial charge is 0.147 e. The van der Waals surface area contributed by atoms with Gasteiger partial charge in [-0.05, 0) is 25.3 Å². The first-order valence-electron chi connectivity index (χ1n) is 4.74. The highest BCUT2D eigenvalue weighted by atomic mass is 32.2. The molecule has 0 atom stereocenters. The van der Waals surface area contributed by atoms with Gasteiger partial charge >= 0.3 is 0 Å². The molecule has 0 bridgehead atoms. The summed E-state index contributed by atoms with van der Waals surface area (Å²) in [5, 5.41) is 3.00. The third-order valence-electron chi connectivity index (χ3n) is 2.04. The molecule has 0 saturated carbocycles. The number of hydrogen-bond acceptors (Lipinski definition) is 6. The van der Waals surface area contributed by atoms with Gasteiger partial charge in [0.25, 0.3) is 0 Å². The minimum absolute atomic E-state index is 0.687. The van der Waals surface area contributed by atoms with Crippen LogP contribution in [0.3, 0.4) is 0 Å². The Morgan fingerprint density at radius 3 is 2.81 bits per heavy atom. The second-order valence-corrected chi connectivity index (χ2v) is 5.46. The Kier molecular flexibility index (Phi) is 3.42. The first-order valence-corrected chi connectivity index (χ1v) is 6.43. The van der Waals surface area contributed by atoms with Crippen molar-refractivity contribution in [1.29, 1.82) is 0 Å². The number of hydrazine groups is 1. The molecule has 3 N–H and O–H groups in total. The summed E-state index contributed by atoms with van der Waals surface area (Å²) in [5.74, 6) is 6.82. The number of nitrogens with zero attached hydrogens (tertiary/aromatic N) is 2. The van der Waals surface area contributed by atoms with Crippen LogP contribution in [0.5, 0.6) is 0 Å². The summed E-state index contributed by atoms with van der Waals surface area (Å²) in [6.07, 6.45) is 0. The Morgan fingerprint density at radius 2 is 2.19 bits per heavy atom. The van der Waals surface area contributed by atoms with E-state index in [0.717, 1.165) is 16.4 Å². The van der Waals surface area contributed by atoms with Crippen molar-refractivity contribution in [2.75, 3.05) is 5.43 Å². The zero-order valence-corrected chi connectivity index (χ0v) is 10.7. The number of anilines is 1. The highest BCUT2D eigenvalue weighted by Gasteiger charge is 2.10. The molecule has 0 unspecified atom stereocenters. The number of rotatable bonds is 3. The second-order valence-electron chi connectivity index (χ2n) is 3.23. The Morgan fingerprint density at radius 1 is 1.38 bits per heavy atom. The molecular formula is C10H12N4S2. The molecule has 2 aromatic heterocycles. The maximum Gasteiger partial charge on any atom is 0.147 e. The SMILES string of the molecule is Cc1nc(NN)c(C)c(Sc2cccs2)n1. The van der Waals surface area contributed by atoms with Crippen molar-refractivity contribution in [3.8, 4) is 0 Å². The Balaban J connectivity index is 2.36. The van der Waals surface area contributed by atoms with Crippen LogP contribution in [-0.4, -0.2) is 9.97 Å². The molecular weight excluding hydrogens is 240 g/mol. The van der Waals surface area contributed by atoms with E-state index in [1.165, 1.54) is 4.21 Å². The lowest BCUT2D eigenvalue weighted by Gasteiger charge is -2.08. The molecule has 0 fully saturated rings. The zero-order valence-electron chi connectivity index (χ0n) is 9.02. The van der Waals surface area contributed by atoms with Crippen LogP contribution in [0.1, 0.15) is 11.4 Å². The van der Waals surface area contributed by atoms with Crippen LogP contribution in [0.2, 0.25) is 0 Å². The largest absolute Gasteiger partial charge is 0.308 e. The van der Waals surface area contributed by atoms with Crippen molar-refractivity contribution in [3.05, 3.63) is 28.9 Å². The topological polar surface area (TPSA) is 63.8 Å². The summed E-state index contributed by atoms with van der Waals surface area (Å²) in [7, 11) is 0. The fourth-order valence-corrected chi connectivity index (χ4v) is 3.07. The maximum atomic E-state index is 5.41. The maximum absolute atomic E-state index is 5.41. The molecule has 16 heavy (non-hydrogen) atoms. The van der Waals surface area contributed by atoms with E-state index in [1.54, 1.807) is 23.1 Å². The van der Waals surface area contributed by atoms with Crippen LogP contribution in [0.4, 0.5) is 5.82 Å². The fourth-order valence-electron chi connectivity index (χ4n) is 1.26. The van der Waals surface area contributed by atoms with Crippen molar-refractivity contribution in [3.63, 3.8) is 0 Å². The fraction of sp³-hybridized carbons (Fsp3) is 0.200. The molecule has 2 rings (SSSR count). The molecule has 0 saturated heterocycles. The first kappa shape index (κ1) is 11.4. The van der Waals surface area contributed by atoms with Gasteiger partial charge < -0.3 is 5.43 Å². The summed E-state index contributed by atoms with van der Waals surface area (Å²) in [5.41, 5.74) is 3.57. The molecule has 0 aromatic carbocycles. The monoisotopic (exact) mass is 252 g/mol. The minimum atomic E-state index is 0.687. The number of nitrogen functional groups attached to an aromatic ring is 1. The van der Waals surface area contributed by atoms with E-state index in [9.17, 15) is 0 Å². The highest BCUT2D eigenvalue weighted by Crippen LogP contribution is 2.33. The molecule has 2 heterocycles. The highest BCUT2D eigenvalue weighted by molar-refractivity contribution is 8.01. The summed E-state index contributed by atoms with van der Waals surface area (Å²) in [6.45, 7) is 3.82. The Bertz CT molecular complexity index is 482. The second kappa shape index (κ2) is 4.82. The molecule has 0 aliphatic rings. The van der Waals surface area contributed by atoms with Gasteiger partial charge in [0.1, 0.15) is 16.7 Å². The van der Waals surface area contributed by atoms with Gasteiger partial charge in [0, 0.05) is 5.56 Å². The molecule has 0 aliphatic carbocycles. The van der Waals surface area contributed by atoms with Gasteiger partial charge in [-0.3, -0.25) is 0 Å². The summed E-state index contributed by atoms with van der Waals surface area (Å²) < 4.78 is 1.21. The van der Waals surface area contributed by atoms with Crippen LogP contribution in [0.25, 0.3) is 0 Å². The van der Waals surface area contributed by atoms with Gasteiger partial charge in [-0.15, -0.1) is 11.3 Å². The van der Waals surface area contributed by atoms with Gasteiger partial charge in [-0.25, -0.2) is 15.8 Å². The van der Waals surface area contributed by atoms with Crippen LogP contribution in [0.15, 0.2) is 26.7 Å². The number of hydrogen-bond donors (Lipinski definition) is 2. The Labute approximate surface area is 102 Å². The standard InChI is InChI=1S/C10H12N4S2/c1-6-9(14-11)12-7(2)13-10(6)16-8-4-3-5-15-8/h3-5H,11H2,1-2H3,(H,12,13,14). The van der Waals surface area contributed by atoms with E-state index in [4.69, 9.17) is 5.84 Å². The average Bonchev–Trinajstić information content (AvgIpc) is 2.75. The first-order chi connectivity index (χ1) is 7.70. The lowest BCUT2D eigenvalue weighted by Crippen LogP contribution is -2.12. The van der Waals surface area contributed by atoms with E-state index in [-0.39, 0.29) is 0 Å². The zero-order chi connectivity index (χ0) is 11.5. The molecule has 0 radical (unpaired) electrons. The lowest BCUT2D eigenvalue weighted by atomic mass is 10.3. The van der Waals surface area contributed by atoms with Gasteiger partial charge in [0.2, 0.25) is 0 Å². The van der Waals surface area contributed by atoms with E-state index >= 15 is 0 Å². The van der Waals surface area contributed by atoms with E-state index in [0.29, 0.717) is 5.82 Å². The minimum Gasteiger partial charge on any atom is -0.308 e. The molecule has 4 nitrogen and oxygen atoms in total. The Hall–Kier alpha value is -1.11. The third kappa shape index (κ3) is 2.34. The van der Waals surface area contributed by atoms with Crippen LogP contribution in [0, 0.1) is 13.8 Å². The van der Waals surface area contributed by atoms with Gasteiger partial charge in [-0.2, -0.15) is 0 Å². The van der Waals surface area contributed by atoms with E-state index < -0.39 is 0 Å². The summed E-state index contributed by atoms with van der Waals surface area (Å²) in [6, 6.07) is 4.10. The summed E-state index contributed by atoms with van der Waals surface area (Å²) in [4.78, 5) is 8.64. The van der Waals surface area contributed by atoms with Crippen LogP contribution >= 0.6 is 23.1 Å². The number of aryl methyl sites for hydroxylation is 1. The molecule has 0 amide bonds. The number of nitrogens with one attached hydrogen (secondary N) is 1. The number of aromatic nitrogens is 2. The van der Waals surface area contributed by atoms with Crippen molar-refractivity contribution in [2.45, 2.75) is 23.1 Å². The van der Waals surface area contributed by atoms with Crippen LogP contribution in [-0.2, 0) is 0 Å². The lowest BCUT2D eigenvalue weighted by molar-refractivity contribution is 0.936. The predicted octanol–water partition coefficient (Wildman–Crippen LogP) is 2.59. The van der Waals surface area contributed by atoms with Gasteiger partial charge in [-0.1, -0.05) is 17.8 Å². The molecule has 84 valence electrons. The number of thiophene rings is 1. The van der Waals surface area contributed by atoms with Crippen molar-refractivity contribution >= 4 is 28.9 Å². The predicted molar refractivity (Wildman–Crippen MR) is 67.8 cm³/mol. The third-order valence-corrected chi connectivity index (χ3v) is 4.17. The molecule has 0 aliphatic heterocycles. The number of nitrogens with two attached hydrogens (primary N) is 1. The van der Waals surface area contributed by atoms with Crippen molar-refractivity contribution < 1.29 is 0 Å². The average molecular weight is 252 g/mol. The van der Waals surface area contributed by atoms with Crippen molar-refractivity contribution in [2.24, 2.45) is 5.84 Å². The van der Waals surface area contributed by atoms with Gasteiger partial charge in [0.15, 0.2) is 0 Å². The summed E-state index contributed by atoms with van der Waals surface area (Å²) >= 11 is 3.33. The normalized spacial score (nSPS) is 10.4. The molecule has 2 aromatic rings. The quantitative estimate of drug-likeness (QED) is 0.499. The van der Waals surface area contributed by atoms with Crippen molar-refractivity contribution in [1.82, 2.24) is 9.97 Å². The van der Waals surface area contributed by atoms with E-state index in [2.05, 4.69) is 21.5 Å². The molecule has 0 spiro atoms. The van der Waals surface area contributed by atoms with E-state index in [1.807, 2.05) is 25.3 Å². The molecule has 6 heteroatoms.